The van der Waals surface area contributed by atoms with E-state index < -0.39 is 10.8 Å². The van der Waals surface area contributed by atoms with Gasteiger partial charge in [-0.2, -0.15) is 0 Å². The maximum absolute atomic E-state index is 12.4. The van der Waals surface area contributed by atoms with Crippen LogP contribution in [0.15, 0.2) is 29.2 Å². The predicted molar refractivity (Wildman–Crippen MR) is 83.3 cm³/mol. The van der Waals surface area contributed by atoms with Crippen molar-refractivity contribution in [1.82, 2.24) is 0 Å². The quantitative estimate of drug-likeness (QED) is 0.928. The number of benzene rings is 1. The molecule has 112 valence electrons. The summed E-state index contributed by atoms with van der Waals surface area (Å²) in [6, 6.07) is 8.03. The molecule has 0 radical (unpaired) electrons. The van der Waals surface area contributed by atoms with Gasteiger partial charge in [0.15, 0.2) is 0 Å². The Labute approximate surface area is 124 Å². The Hall–Kier alpha value is -0.710. The monoisotopic (exact) mass is 295 g/mol. The highest BCUT2D eigenvalue weighted by atomic mass is 32.2. The first-order valence-electron chi connectivity index (χ1n) is 7.20. The summed E-state index contributed by atoms with van der Waals surface area (Å²) in [5.74, 6) is 0.871. The molecule has 1 aromatic rings. The van der Waals surface area contributed by atoms with Gasteiger partial charge in [-0.1, -0.05) is 32.9 Å². The van der Waals surface area contributed by atoms with Crippen LogP contribution in [0.4, 0.5) is 0 Å². The maximum atomic E-state index is 12.4. The lowest BCUT2D eigenvalue weighted by Crippen LogP contribution is -2.35. The predicted octanol–water partition coefficient (Wildman–Crippen LogP) is 2.46. The van der Waals surface area contributed by atoms with Gasteiger partial charge >= 0.3 is 0 Å². The first-order valence-corrected chi connectivity index (χ1v) is 8.52. The van der Waals surface area contributed by atoms with Gasteiger partial charge in [0.25, 0.3) is 0 Å². The van der Waals surface area contributed by atoms with E-state index in [1.807, 2.05) is 12.1 Å². The topological polar surface area (TPSA) is 52.3 Å². The normalized spacial score (nSPS) is 22.7. The number of ether oxygens (including phenoxy) is 1. The van der Waals surface area contributed by atoms with E-state index in [0.717, 1.165) is 17.9 Å². The Morgan fingerprint density at radius 3 is 2.50 bits per heavy atom. The first-order chi connectivity index (χ1) is 9.38. The van der Waals surface area contributed by atoms with E-state index in [1.54, 1.807) is 0 Å². The van der Waals surface area contributed by atoms with Crippen LogP contribution in [0.5, 0.6) is 0 Å². The van der Waals surface area contributed by atoms with Crippen molar-refractivity contribution in [2.24, 2.45) is 11.7 Å². The molecule has 20 heavy (non-hydrogen) atoms. The zero-order chi connectivity index (χ0) is 14.8. The lowest BCUT2D eigenvalue weighted by Gasteiger charge is -2.20. The fourth-order valence-corrected chi connectivity index (χ4v) is 3.66. The summed E-state index contributed by atoms with van der Waals surface area (Å²) in [5, 5.41) is 0. The number of nitrogens with two attached hydrogens (primary N) is 1. The molecule has 1 aliphatic rings. The molecule has 1 saturated heterocycles. The molecule has 0 saturated carbocycles. The Morgan fingerprint density at radius 2 is 2.00 bits per heavy atom. The molecule has 2 rings (SSSR count). The van der Waals surface area contributed by atoms with E-state index in [2.05, 4.69) is 32.9 Å². The van der Waals surface area contributed by atoms with Crippen molar-refractivity contribution < 1.29 is 8.95 Å². The fraction of sp³-hybridized carbons (Fsp3) is 0.625. The lowest BCUT2D eigenvalue weighted by molar-refractivity contribution is 0.182. The minimum atomic E-state index is -1.03. The van der Waals surface area contributed by atoms with Crippen molar-refractivity contribution in [3.05, 3.63) is 29.8 Å². The third-order valence-corrected chi connectivity index (χ3v) is 5.38. The molecule has 0 aliphatic carbocycles. The van der Waals surface area contributed by atoms with Crippen molar-refractivity contribution >= 4 is 10.8 Å². The molecule has 4 heteroatoms. The van der Waals surface area contributed by atoms with Crippen LogP contribution in [0.25, 0.3) is 0 Å². The number of hydrogen-bond donors (Lipinski definition) is 1. The Kier molecular flexibility index (Phi) is 4.99. The standard InChI is InChI=1S/C16H25NO2S/c1-16(2,3)13-4-6-14(7-5-13)20(18)11-15(17)12-8-9-19-10-12/h4-7,12,15H,8-11,17H2,1-3H3. The summed E-state index contributed by atoms with van der Waals surface area (Å²) in [7, 11) is -1.03. The van der Waals surface area contributed by atoms with Crippen LogP contribution in [0.2, 0.25) is 0 Å². The van der Waals surface area contributed by atoms with Crippen LogP contribution in [0.3, 0.4) is 0 Å². The van der Waals surface area contributed by atoms with Crippen LogP contribution < -0.4 is 5.73 Å². The van der Waals surface area contributed by atoms with E-state index >= 15 is 0 Å². The molecule has 3 unspecified atom stereocenters. The fourth-order valence-electron chi connectivity index (χ4n) is 2.40. The molecule has 1 aromatic carbocycles. The molecule has 0 bridgehead atoms. The second kappa shape index (κ2) is 6.37. The lowest BCUT2D eigenvalue weighted by atomic mass is 9.87. The zero-order valence-electron chi connectivity index (χ0n) is 12.6. The van der Waals surface area contributed by atoms with Crippen LogP contribution in [-0.4, -0.2) is 29.2 Å². The highest BCUT2D eigenvalue weighted by molar-refractivity contribution is 7.85. The van der Waals surface area contributed by atoms with Gasteiger partial charge < -0.3 is 10.5 Å². The van der Waals surface area contributed by atoms with Gasteiger partial charge in [0.05, 0.1) is 17.4 Å². The molecule has 1 aliphatic heterocycles. The van der Waals surface area contributed by atoms with Crippen LogP contribution >= 0.6 is 0 Å². The van der Waals surface area contributed by atoms with E-state index in [0.29, 0.717) is 18.3 Å². The van der Waals surface area contributed by atoms with Crippen molar-refractivity contribution in [3.8, 4) is 0 Å². The van der Waals surface area contributed by atoms with Crippen LogP contribution in [0, 0.1) is 5.92 Å². The number of rotatable bonds is 4. The van der Waals surface area contributed by atoms with Crippen LogP contribution in [0.1, 0.15) is 32.8 Å². The highest BCUT2D eigenvalue weighted by Gasteiger charge is 2.24. The maximum Gasteiger partial charge on any atom is 0.0545 e. The Balaban J connectivity index is 1.98. The minimum Gasteiger partial charge on any atom is -0.381 e. The molecular weight excluding hydrogens is 270 g/mol. The molecule has 0 amide bonds. The van der Waals surface area contributed by atoms with Gasteiger partial charge in [-0.3, -0.25) is 4.21 Å². The molecule has 3 nitrogen and oxygen atoms in total. The number of hydrogen-bond acceptors (Lipinski definition) is 3. The largest absolute Gasteiger partial charge is 0.381 e. The van der Waals surface area contributed by atoms with Gasteiger partial charge in [-0.05, 0) is 29.5 Å². The van der Waals surface area contributed by atoms with Crippen molar-refractivity contribution in [3.63, 3.8) is 0 Å². The second-order valence-corrected chi connectivity index (χ2v) is 8.07. The van der Waals surface area contributed by atoms with Gasteiger partial charge in [0, 0.05) is 29.2 Å². The molecule has 3 atom stereocenters. The average Bonchev–Trinajstić information content (AvgIpc) is 2.91. The summed E-state index contributed by atoms with van der Waals surface area (Å²) in [6.07, 6.45) is 0.987. The summed E-state index contributed by atoms with van der Waals surface area (Å²) in [6.45, 7) is 8.02. The van der Waals surface area contributed by atoms with Crippen molar-refractivity contribution in [2.75, 3.05) is 19.0 Å². The van der Waals surface area contributed by atoms with Gasteiger partial charge in [-0.25, -0.2) is 0 Å². The SMILES string of the molecule is CC(C)(C)c1ccc(S(=O)CC(N)C2CCOC2)cc1. The molecular formula is C16H25NO2S. The summed E-state index contributed by atoms with van der Waals surface area (Å²) in [5.41, 5.74) is 7.52. The zero-order valence-corrected chi connectivity index (χ0v) is 13.4. The molecule has 0 spiro atoms. The molecule has 1 fully saturated rings. The minimum absolute atomic E-state index is 0.0411. The smallest absolute Gasteiger partial charge is 0.0545 e. The third-order valence-electron chi connectivity index (χ3n) is 3.90. The Bertz CT molecular complexity index is 458. The Morgan fingerprint density at radius 1 is 1.35 bits per heavy atom. The van der Waals surface area contributed by atoms with E-state index in [-0.39, 0.29) is 11.5 Å². The van der Waals surface area contributed by atoms with Crippen molar-refractivity contribution in [2.45, 2.75) is 43.5 Å². The summed E-state index contributed by atoms with van der Waals surface area (Å²) in [4.78, 5) is 0.868. The summed E-state index contributed by atoms with van der Waals surface area (Å²) >= 11 is 0. The van der Waals surface area contributed by atoms with Gasteiger partial charge in [0.1, 0.15) is 0 Å². The van der Waals surface area contributed by atoms with Crippen LogP contribution in [-0.2, 0) is 21.0 Å². The van der Waals surface area contributed by atoms with E-state index in [4.69, 9.17) is 10.5 Å². The molecule has 0 aromatic heterocycles. The first kappa shape index (κ1) is 15.7. The molecule has 1 heterocycles. The van der Waals surface area contributed by atoms with Gasteiger partial charge in [-0.15, -0.1) is 0 Å². The average molecular weight is 295 g/mol. The van der Waals surface area contributed by atoms with E-state index in [1.165, 1.54) is 5.56 Å². The third kappa shape index (κ3) is 3.90. The second-order valence-electron chi connectivity index (χ2n) is 6.57. The summed E-state index contributed by atoms with van der Waals surface area (Å²) < 4.78 is 17.7. The van der Waals surface area contributed by atoms with Gasteiger partial charge in [0.2, 0.25) is 0 Å². The van der Waals surface area contributed by atoms with Crippen molar-refractivity contribution in [1.29, 1.82) is 0 Å². The van der Waals surface area contributed by atoms with E-state index in [9.17, 15) is 4.21 Å². The molecule has 2 N–H and O–H groups in total. The highest BCUT2D eigenvalue weighted by Crippen LogP contribution is 2.23.